The van der Waals surface area contributed by atoms with Crippen molar-refractivity contribution in [3.05, 3.63) is 57.4 Å². The summed E-state index contributed by atoms with van der Waals surface area (Å²) >= 11 is 0. The van der Waals surface area contributed by atoms with Crippen LogP contribution in [-0.4, -0.2) is 34.2 Å². The number of methoxy groups -OCH3 is 2. The molecule has 3 aromatic rings. The lowest BCUT2D eigenvalue weighted by molar-refractivity contribution is -0.121. The third-order valence-electron chi connectivity index (χ3n) is 6.43. The molecule has 1 aliphatic carbocycles. The zero-order valence-electron chi connectivity index (χ0n) is 19.0. The Balaban J connectivity index is 1.44. The van der Waals surface area contributed by atoms with E-state index in [1.54, 1.807) is 50.7 Å². The monoisotopic (exact) mass is 452 g/mol. The van der Waals surface area contributed by atoms with Gasteiger partial charge in [-0.15, -0.1) is 0 Å². The number of rotatable bonds is 6. The lowest BCUT2D eigenvalue weighted by atomic mass is 9.81. The first-order valence-electron chi connectivity index (χ1n) is 11.0. The highest BCUT2D eigenvalue weighted by Crippen LogP contribution is 2.30. The van der Waals surface area contributed by atoms with Gasteiger partial charge < -0.3 is 14.8 Å². The maximum absolute atomic E-state index is 13.1. The molecular formula is C24H28N4O5. The molecule has 1 N–H and O–H groups in total. The van der Waals surface area contributed by atoms with Gasteiger partial charge in [-0.25, -0.2) is 9.78 Å². The number of carbonyl (C=O) groups excluding carboxylic acids is 1. The summed E-state index contributed by atoms with van der Waals surface area (Å²) in [4.78, 5) is 42.7. The highest BCUT2D eigenvalue weighted by Gasteiger charge is 2.27. The first-order valence-corrected chi connectivity index (χ1v) is 11.0. The number of anilines is 1. The fourth-order valence-electron chi connectivity index (χ4n) is 4.47. The van der Waals surface area contributed by atoms with Crippen LogP contribution in [0, 0.1) is 11.8 Å². The summed E-state index contributed by atoms with van der Waals surface area (Å²) in [5.41, 5.74) is 0.573. The Labute approximate surface area is 191 Å². The number of amides is 1. The van der Waals surface area contributed by atoms with E-state index in [0.29, 0.717) is 47.6 Å². The van der Waals surface area contributed by atoms with E-state index in [2.05, 4.69) is 10.3 Å². The van der Waals surface area contributed by atoms with E-state index in [9.17, 15) is 14.4 Å². The molecule has 1 saturated carbocycles. The maximum Gasteiger partial charge on any atom is 0.331 e. The van der Waals surface area contributed by atoms with Gasteiger partial charge in [-0.3, -0.25) is 18.7 Å². The van der Waals surface area contributed by atoms with Crippen molar-refractivity contribution in [3.8, 4) is 11.6 Å². The molecule has 33 heavy (non-hydrogen) atoms. The van der Waals surface area contributed by atoms with Gasteiger partial charge in [0.25, 0.3) is 5.56 Å². The Morgan fingerprint density at radius 2 is 1.85 bits per heavy atom. The largest absolute Gasteiger partial charge is 0.497 e. The number of benzene rings is 1. The quantitative estimate of drug-likeness (QED) is 0.616. The summed E-state index contributed by atoms with van der Waals surface area (Å²) in [7, 11) is 4.75. The number of hydrogen-bond acceptors (Lipinski definition) is 6. The predicted octanol–water partition coefficient (Wildman–Crippen LogP) is 2.56. The molecule has 1 amide bonds. The summed E-state index contributed by atoms with van der Waals surface area (Å²) < 4.78 is 13.1. The molecule has 0 bridgehead atoms. The number of pyridine rings is 1. The number of hydrogen-bond donors (Lipinski definition) is 1. The lowest BCUT2D eigenvalue weighted by Crippen LogP contribution is -2.41. The van der Waals surface area contributed by atoms with E-state index < -0.39 is 0 Å². The van der Waals surface area contributed by atoms with Gasteiger partial charge in [0.15, 0.2) is 0 Å². The number of nitrogens with zero attached hydrogens (tertiary/aromatic N) is 3. The molecule has 0 unspecified atom stereocenters. The first kappa shape index (κ1) is 22.6. The normalized spacial score (nSPS) is 18.2. The van der Waals surface area contributed by atoms with Crippen LogP contribution in [0.3, 0.4) is 0 Å². The Hall–Kier alpha value is -3.62. The zero-order valence-corrected chi connectivity index (χ0v) is 19.0. The van der Waals surface area contributed by atoms with Crippen molar-refractivity contribution < 1.29 is 14.3 Å². The average Bonchev–Trinajstić information content (AvgIpc) is 2.85. The molecule has 9 nitrogen and oxygen atoms in total. The van der Waals surface area contributed by atoms with Crippen molar-refractivity contribution in [2.75, 3.05) is 19.5 Å². The van der Waals surface area contributed by atoms with E-state index in [1.165, 1.54) is 16.2 Å². The minimum Gasteiger partial charge on any atom is -0.497 e. The van der Waals surface area contributed by atoms with E-state index >= 15 is 0 Å². The Morgan fingerprint density at radius 3 is 2.48 bits per heavy atom. The minimum atomic E-state index is -0.329. The fourth-order valence-corrected chi connectivity index (χ4v) is 4.47. The van der Waals surface area contributed by atoms with Crippen LogP contribution in [0.4, 0.5) is 5.69 Å². The van der Waals surface area contributed by atoms with Gasteiger partial charge in [0, 0.05) is 25.6 Å². The second-order valence-corrected chi connectivity index (χ2v) is 8.44. The van der Waals surface area contributed by atoms with E-state index in [-0.39, 0.29) is 29.0 Å². The van der Waals surface area contributed by atoms with Crippen molar-refractivity contribution >= 4 is 22.5 Å². The Kier molecular flexibility index (Phi) is 6.48. The molecule has 0 saturated heterocycles. The number of nitrogens with one attached hydrogen (secondary N) is 1. The van der Waals surface area contributed by atoms with Crippen molar-refractivity contribution in [2.24, 2.45) is 18.9 Å². The zero-order chi connectivity index (χ0) is 23.5. The Morgan fingerprint density at radius 1 is 1.09 bits per heavy atom. The van der Waals surface area contributed by atoms with Crippen molar-refractivity contribution in [1.29, 1.82) is 0 Å². The predicted molar refractivity (Wildman–Crippen MR) is 125 cm³/mol. The van der Waals surface area contributed by atoms with Gasteiger partial charge in [0.2, 0.25) is 11.8 Å². The van der Waals surface area contributed by atoms with Crippen molar-refractivity contribution in [2.45, 2.75) is 32.2 Å². The van der Waals surface area contributed by atoms with Gasteiger partial charge in [0.1, 0.15) is 5.75 Å². The second kappa shape index (κ2) is 9.48. The molecule has 0 aliphatic heterocycles. The molecule has 0 radical (unpaired) electrons. The summed E-state index contributed by atoms with van der Waals surface area (Å²) in [6, 6.07) is 8.59. The lowest BCUT2D eigenvalue weighted by Gasteiger charge is -2.28. The first-order chi connectivity index (χ1) is 15.9. The molecule has 0 atom stereocenters. The van der Waals surface area contributed by atoms with Crippen LogP contribution in [0.1, 0.15) is 25.7 Å². The van der Waals surface area contributed by atoms with Crippen LogP contribution in [0.5, 0.6) is 11.6 Å². The highest BCUT2D eigenvalue weighted by atomic mass is 16.5. The topological polar surface area (TPSA) is 104 Å². The number of ether oxygens (including phenoxy) is 2. The Bertz CT molecular complexity index is 1270. The van der Waals surface area contributed by atoms with E-state index in [0.717, 1.165) is 12.8 Å². The van der Waals surface area contributed by atoms with E-state index in [4.69, 9.17) is 9.47 Å². The average molecular weight is 453 g/mol. The van der Waals surface area contributed by atoms with Crippen LogP contribution in [0.2, 0.25) is 0 Å². The number of aromatic nitrogens is 3. The summed E-state index contributed by atoms with van der Waals surface area (Å²) in [5, 5.41) is 3.36. The van der Waals surface area contributed by atoms with Gasteiger partial charge >= 0.3 is 5.69 Å². The summed E-state index contributed by atoms with van der Waals surface area (Å²) in [6.45, 7) is 0.343. The highest BCUT2D eigenvalue weighted by molar-refractivity contribution is 5.92. The molecule has 4 rings (SSSR count). The van der Waals surface area contributed by atoms with Gasteiger partial charge in [-0.1, -0.05) is 0 Å². The van der Waals surface area contributed by atoms with Crippen molar-refractivity contribution in [1.82, 2.24) is 14.1 Å². The molecular weight excluding hydrogens is 424 g/mol. The van der Waals surface area contributed by atoms with Gasteiger partial charge in [-0.2, -0.15) is 0 Å². The molecule has 1 fully saturated rings. The molecule has 2 heterocycles. The van der Waals surface area contributed by atoms with Gasteiger partial charge in [0.05, 0.1) is 37.0 Å². The second-order valence-electron chi connectivity index (χ2n) is 8.44. The number of aryl methyl sites for hydroxylation is 1. The number of carbonyl (C=O) groups is 1. The molecule has 9 heteroatoms. The van der Waals surface area contributed by atoms with Crippen LogP contribution in [0.25, 0.3) is 10.9 Å². The number of fused-ring (bicyclic) bond motifs is 1. The van der Waals surface area contributed by atoms with Gasteiger partial charge in [-0.05, 0) is 55.9 Å². The molecule has 174 valence electrons. The molecule has 0 spiro atoms. The summed E-state index contributed by atoms with van der Waals surface area (Å²) in [6.07, 6.45) is 4.52. The SMILES string of the molecule is COc1ccc2c(c1)c(=O)n(CC1CCC(C(=O)Nc3ccc(OC)nc3)CC1)c(=O)n2C. The standard InChI is InChI=1S/C24H28N4O5/c1-27-20-10-9-18(32-2)12-19(20)23(30)28(24(27)31)14-15-4-6-16(7-5-15)22(29)26-17-8-11-21(33-3)25-13-17/h8-13,15-16H,4-7,14H2,1-3H3,(H,26,29). The van der Waals surface area contributed by atoms with Crippen LogP contribution in [-0.2, 0) is 18.4 Å². The summed E-state index contributed by atoms with van der Waals surface area (Å²) in [5.74, 6) is 1.07. The van der Waals surface area contributed by atoms with Crippen LogP contribution < -0.4 is 26.0 Å². The van der Waals surface area contributed by atoms with Crippen molar-refractivity contribution in [3.63, 3.8) is 0 Å². The fraction of sp³-hybridized carbons (Fsp3) is 0.417. The molecule has 1 aliphatic rings. The van der Waals surface area contributed by atoms with Crippen LogP contribution in [0.15, 0.2) is 46.1 Å². The van der Waals surface area contributed by atoms with E-state index in [1.807, 2.05) is 0 Å². The third kappa shape index (κ3) is 4.62. The molecule has 2 aromatic heterocycles. The minimum absolute atomic E-state index is 0.0358. The van der Waals surface area contributed by atoms with Crippen LogP contribution >= 0.6 is 0 Å². The maximum atomic E-state index is 13.1. The molecule has 1 aromatic carbocycles. The smallest absolute Gasteiger partial charge is 0.331 e. The third-order valence-corrected chi connectivity index (χ3v) is 6.43.